The van der Waals surface area contributed by atoms with Gasteiger partial charge in [-0.05, 0) is 51.3 Å². The van der Waals surface area contributed by atoms with E-state index in [1.807, 2.05) is 12.1 Å². The highest BCUT2D eigenvalue weighted by Crippen LogP contribution is 2.40. The number of fused-ring (bicyclic) bond motifs is 1. The van der Waals surface area contributed by atoms with Crippen molar-refractivity contribution in [1.29, 1.82) is 0 Å². The Kier molecular flexibility index (Phi) is 4.79. The number of carboxylic acids is 1. The summed E-state index contributed by atoms with van der Waals surface area (Å²) in [5.74, 6) is -0.452. The number of benzene rings is 1. The molecule has 1 aliphatic rings. The van der Waals surface area contributed by atoms with Crippen molar-refractivity contribution >= 4 is 17.2 Å². The number of carbonyl (C=O) groups is 1. The minimum atomic E-state index is -0.730. The van der Waals surface area contributed by atoms with Crippen LogP contribution >= 0.6 is 0 Å². The SMILES string of the molecule is CC1=CC(C)(C)N(CCCCCC(=O)O)c2cc(O)ccc21. The Morgan fingerprint density at radius 2 is 1.95 bits per heavy atom. The zero-order valence-electron chi connectivity index (χ0n) is 13.6. The lowest BCUT2D eigenvalue weighted by Gasteiger charge is -2.43. The van der Waals surface area contributed by atoms with E-state index in [2.05, 4.69) is 31.7 Å². The first-order chi connectivity index (χ1) is 10.3. The molecule has 1 aliphatic heterocycles. The molecule has 0 aromatic heterocycles. The minimum absolute atomic E-state index is 0.113. The van der Waals surface area contributed by atoms with Crippen LogP contribution in [0.3, 0.4) is 0 Å². The molecule has 0 spiro atoms. The third kappa shape index (κ3) is 3.62. The number of hydrogen-bond acceptors (Lipinski definition) is 3. The topological polar surface area (TPSA) is 60.8 Å². The summed E-state index contributed by atoms with van der Waals surface area (Å²) in [4.78, 5) is 12.9. The van der Waals surface area contributed by atoms with E-state index >= 15 is 0 Å². The third-order valence-corrected chi connectivity index (χ3v) is 4.23. The molecule has 1 aromatic rings. The maximum atomic E-state index is 10.6. The minimum Gasteiger partial charge on any atom is -0.508 e. The second-order valence-electron chi connectivity index (χ2n) is 6.54. The predicted octanol–water partition coefficient (Wildman–Crippen LogP) is 4.04. The summed E-state index contributed by atoms with van der Waals surface area (Å²) < 4.78 is 0. The van der Waals surface area contributed by atoms with Crippen LogP contribution in [-0.4, -0.2) is 28.3 Å². The Hall–Kier alpha value is -1.97. The maximum Gasteiger partial charge on any atom is 0.303 e. The van der Waals surface area contributed by atoms with Crippen molar-refractivity contribution in [3.8, 4) is 5.75 Å². The van der Waals surface area contributed by atoms with Crippen LogP contribution in [0.4, 0.5) is 5.69 Å². The van der Waals surface area contributed by atoms with E-state index in [1.54, 1.807) is 6.07 Å². The molecule has 4 heteroatoms. The summed E-state index contributed by atoms with van der Waals surface area (Å²) in [5.41, 5.74) is 3.32. The number of anilines is 1. The lowest BCUT2D eigenvalue weighted by Crippen LogP contribution is -2.45. The normalized spacial score (nSPS) is 16.1. The number of hydrogen-bond donors (Lipinski definition) is 2. The first-order valence-corrected chi connectivity index (χ1v) is 7.83. The van der Waals surface area contributed by atoms with Gasteiger partial charge < -0.3 is 15.1 Å². The van der Waals surface area contributed by atoms with Crippen molar-refractivity contribution in [1.82, 2.24) is 0 Å². The molecule has 0 atom stereocenters. The Labute approximate surface area is 132 Å². The van der Waals surface area contributed by atoms with Crippen LogP contribution in [0, 0.1) is 0 Å². The Morgan fingerprint density at radius 3 is 2.64 bits per heavy atom. The van der Waals surface area contributed by atoms with E-state index in [0.29, 0.717) is 6.42 Å². The number of aromatic hydroxyl groups is 1. The largest absolute Gasteiger partial charge is 0.508 e. The van der Waals surface area contributed by atoms with Crippen LogP contribution in [0.25, 0.3) is 5.57 Å². The van der Waals surface area contributed by atoms with Gasteiger partial charge >= 0.3 is 5.97 Å². The van der Waals surface area contributed by atoms with Crippen LogP contribution in [0.15, 0.2) is 24.3 Å². The summed E-state index contributed by atoms with van der Waals surface area (Å²) in [6, 6.07) is 5.51. The quantitative estimate of drug-likeness (QED) is 0.779. The molecule has 2 N–H and O–H groups in total. The average Bonchev–Trinajstić information content (AvgIpc) is 2.40. The van der Waals surface area contributed by atoms with Gasteiger partial charge in [-0.1, -0.05) is 12.5 Å². The maximum absolute atomic E-state index is 10.6. The summed E-state index contributed by atoms with van der Waals surface area (Å²) in [6.45, 7) is 7.29. The second-order valence-corrected chi connectivity index (χ2v) is 6.54. The Bertz CT molecular complexity index is 590. The van der Waals surface area contributed by atoms with Gasteiger partial charge in [0.15, 0.2) is 0 Å². The first-order valence-electron chi connectivity index (χ1n) is 7.83. The standard InChI is InChI=1S/C18H25NO3/c1-13-12-18(2,3)19(10-6-4-5-7-17(21)22)16-11-14(20)8-9-15(13)16/h8-9,11-12,20H,4-7,10H2,1-3H3,(H,21,22). The van der Waals surface area contributed by atoms with Crippen molar-refractivity contribution in [3.05, 3.63) is 29.8 Å². The Balaban J connectivity index is 2.12. The molecule has 0 amide bonds. The van der Waals surface area contributed by atoms with Crippen LogP contribution in [0.5, 0.6) is 5.75 Å². The van der Waals surface area contributed by atoms with E-state index in [0.717, 1.165) is 30.6 Å². The fraction of sp³-hybridized carbons (Fsp3) is 0.500. The molecular formula is C18H25NO3. The van der Waals surface area contributed by atoms with Gasteiger partial charge in [-0.3, -0.25) is 4.79 Å². The van der Waals surface area contributed by atoms with Gasteiger partial charge in [0.25, 0.3) is 0 Å². The van der Waals surface area contributed by atoms with E-state index in [9.17, 15) is 9.90 Å². The van der Waals surface area contributed by atoms with Gasteiger partial charge in [0.1, 0.15) is 5.75 Å². The van der Waals surface area contributed by atoms with Crippen molar-refractivity contribution in [2.75, 3.05) is 11.4 Å². The smallest absolute Gasteiger partial charge is 0.303 e. The zero-order chi connectivity index (χ0) is 16.3. The molecule has 0 saturated heterocycles. The molecule has 2 rings (SSSR count). The van der Waals surface area contributed by atoms with Crippen molar-refractivity contribution in [3.63, 3.8) is 0 Å². The highest BCUT2D eigenvalue weighted by Gasteiger charge is 2.30. The molecule has 120 valence electrons. The first kappa shape index (κ1) is 16.4. The summed E-state index contributed by atoms with van der Waals surface area (Å²) in [6.07, 6.45) is 5.04. The van der Waals surface area contributed by atoms with Crippen molar-refractivity contribution in [2.45, 2.75) is 52.0 Å². The number of nitrogens with zero attached hydrogens (tertiary/aromatic N) is 1. The number of unbranched alkanes of at least 4 members (excludes halogenated alkanes) is 2. The number of rotatable bonds is 6. The average molecular weight is 303 g/mol. The third-order valence-electron chi connectivity index (χ3n) is 4.23. The van der Waals surface area contributed by atoms with Gasteiger partial charge in [-0.2, -0.15) is 0 Å². The number of allylic oxidation sites excluding steroid dienone is 1. The van der Waals surface area contributed by atoms with Gasteiger partial charge in [0.05, 0.1) is 5.54 Å². The monoisotopic (exact) mass is 303 g/mol. The zero-order valence-corrected chi connectivity index (χ0v) is 13.6. The molecule has 1 aromatic carbocycles. The van der Waals surface area contributed by atoms with Gasteiger partial charge in [-0.15, -0.1) is 0 Å². The van der Waals surface area contributed by atoms with E-state index < -0.39 is 5.97 Å². The molecule has 0 unspecified atom stereocenters. The van der Waals surface area contributed by atoms with Crippen LogP contribution in [0.2, 0.25) is 0 Å². The van der Waals surface area contributed by atoms with E-state index in [4.69, 9.17) is 5.11 Å². The van der Waals surface area contributed by atoms with E-state index in [1.165, 1.54) is 5.57 Å². The summed E-state index contributed by atoms with van der Waals surface area (Å²) in [7, 11) is 0. The number of aliphatic carboxylic acids is 1. The molecule has 0 radical (unpaired) electrons. The lowest BCUT2D eigenvalue weighted by molar-refractivity contribution is -0.137. The summed E-state index contributed by atoms with van der Waals surface area (Å²) >= 11 is 0. The van der Waals surface area contributed by atoms with Gasteiger partial charge in [-0.25, -0.2) is 0 Å². The second kappa shape index (κ2) is 6.42. The lowest BCUT2D eigenvalue weighted by atomic mass is 9.88. The molecular weight excluding hydrogens is 278 g/mol. The molecule has 22 heavy (non-hydrogen) atoms. The van der Waals surface area contributed by atoms with E-state index in [-0.39, 0.29) is 17.7 Å². The van der Waals surface area contributed by atoms with Crippen molar-refractivity contribution < 1.29 is 15.0 Å². The van der Waals surface area contributed by atoms with Crippen LogP contribution in [-0.2, 0) is 4.79 Å². The van der Waals surface area contributed by atoms with Gasteiger partial charge in [0.2, 0.25) is 0 Å². The highest BCUT2D eigenvalue weighted by molar-refractivity contribution is 5.81. The van der Waals surface area contributed by atoms with Crippen molar-refractivity contribution in [2.24, 2.45) is 0 Å². The summed E-state index contributed by atoms with van der Waals surface area (Å²) in [5, 5.41) is 18.5. The Morgan fingerprint density at radius 1 is 1.23 bits per heavy atom. The molecule has 0 fully saturated rings. The fourth-order valence-electron chi connectivity index (χ4n) is 3.20. The van der Waals surface area contributed by atoms with Gasteiger partial charge in [0, 0.05) is 30.3 Å². The number of carboxylic acid groups (broad SMARTS) is 1. The molecule has 0 aliphatic carbocycles. The van der Waals surface area contributed by atoms with Crippen LogP contribution < -0.4 is 4.90 Å². The predicted molar refractivity (Wildman–Crippen MR) is 89.3 cm³/mol. The molecule has 4 nitrogen and oxygen atoms in total. The molecule has 0 bridgehead atoms. The van der Waals surface area contributed by atoms with Crippen LogP contribution in [0.1, 0.15) is 52.0 Å². The molecule has 1 heterocycles. The number of phenols is 1. The highest BCUT2D eigenvalue weighted by atomic mass is 16.4. The number of phenolic OH excluding ortho intramolecular Hbond substituents is 1. The molecule has 0 saturated carbocycles. The fourth-order valence-corrected chi connectivity index (χ4v) is 3.20.